The molecular weight excluding hydrogens is 532 g/mol. The van der Waals surface area contributed by atoms with Crippen LogP contribution in [0.15, 0.2) is 81.7 Å². The zero-order valence-corrected chi connectivity index (χ0v) is 21.9. The molecule has 7 rings (SSSR count). The largest absolute Gasteiger partial charge is 0.0714 e. The van der Waals surface area contributed by atoms with Crippen molar-refractivity contribution in [2.24, 2.45) is 0 Å². The Morgan fingerprint density at radius 1 is 0.606 bits per heavy atom. The molecule has 0 bridgehead atoms. The standard InChI is InChI=1S/C31H24Br2/c1-17-11-19-13-21(3-7-25(17)19)31(22-4-8-26-18(2)12-20(26)14-22)29-15-23(32)5-9-27(29)28-10-6-24(33)16-30(28)31/h3-10,13-18H,11-12H2,1-2H3. The maximum absolute atomic E-state index is 3.80. The normalized spacial score (nSPS) is 20.7. The summed E-state index contributed by atoms with van der Waals surface area (Å²) >= 11 is 7.60. The Morgan fingerprint density at radius 2 is 1.06 bits per heavy atom. The lowest BCUT2D eigenvalue weighted by Gasteiger charge is -2.38. The van der Waals surface area contributed by atoms with Crippen molar-refractivity contribution in [2.75, 3.05) is 0 Å². The van der Waals surface area contributed by atoms with Gasteiger partial charge in [0.2, 0.25) is 0 Å². The van der Waals surface area contributed by atoms with Crippen molar-refractivity contribution >= 4 is 31.9 Å². The average molecular weight is 556 g/mol. The van der Waals surface area contributed by atoms with E-state index in [1.807, 2.05) is 0 Å². The highest BCUT2D eigenvalue weighted by Gasteiger charge is 2.47. The average Bonchev–Trinajstić information content (AvgIpc) is 3.06. The first kappa shape index (κ1) is 20.2. The van der Waals surface area contributed by atoms with Crippen LogP contribution in [0.25, 0.3) is 11.1 Å². The molecule has 2 unspecified atom stereocenters. The Labute approximate surface area is 212 Å². The van der Waals surface area contributed by atoms with Gasteiger partial charge in [-0.15, -0.1) is 0 Å². The minimum Gasteiger partial charge on any atom is -0.0582 e. The SMILES string of the molecule is CC1Cc2cc(C3(c4ccc5c(c4)CC5C)c4cc(Br)ccc4-c4ccc(Br)cc43)ccc21. The topological polar surface area (TPSA) is 0 Å². The van der Waals surface area contributed by atoms with Gasteiger partial charge in [-0.3, -0.25) is 0 Å². The zero-order chi connectivity index (χ0) is 22.5. The third-order valence-corrected chi connectivity index (χ3v) is 9.31. The third kappa shape index (κ3) is 2.63. The van der Waals surface area contributed by atoms with Gasteiger partial charge in [-0.1, -0.05) is 94.2 Å². The molecule has 0 N–H and O–H groups in total. The fourth-order valence-corrected chi connectivity index (χ4v) is 7.39. The van der Waals surface area contributed by atoms with Gasteiger partial charge in [0.15, 0.2) is 0 Å². The smallest absolute Gasteiger partial charge is 0.0582 e. The van der Waals surface area contributed by atoms with Crippen LogP contribution in [-0.2, 0) is 18.3 Å². The zero-order valence-electron chi connectivity index (χ0n) is 18.8. The molecule has 0 spiro atoms. The minimum absolute atomic E-state index is 0.320. The molecule has 0 nitrogen and oxygen atoms in total. The summed E-state index contributed by atoms with van der Waals surface area (Å²) in [6.07, 6.45) is 2.36. The maximum Gasteiger partial charge on any atom is 0.0714 e. The number of fused-ring (bicyclic) bond motifs is 5. The summed E-state index contributed by atoms with van der Waals surface area (Å²) in [4.78, 5) is 0. The van der Waals surface area contributed by atoms with Gasteiger partial charge in [-0.25, -0.2) is 0 Å². The first-order chi connectivity index (χ1) is 16.0. The Bertz CT molecular complexity index is 1370. The summed E-state index contributed by atoms with van der Waals surface area (Å²) in [5, 5.41) is 0. The van der Waals surface area contributed by atoms with Crippen LogP contribution in [0.1, 0.15) is 70.2 Å². The fourth-order valence-electron chi connectivity index (χ4n) is 6.67. The van der Waals surface area contributed by atoms with Crippen molar-refractivity contribution in [3.05, 3.63) is 126 Å². The maximum atomic E-state index is 3.80. The predicted octanol–water partition coefficient (Wildman–Crippen LogP) is 8.89. The highest BCUT2D eigenvalue weighted by Crippen LogP contribution is 2.58. The number of halogens is 2. The van der Waals surface area contributed by atoms with E-state index in [2.05, 4.69) is 119 Å². The summed E-state index contributed by atoms with van der Waals surface area (Å²) in [5.41, 5.74) is 13.9. The second-order valence-electron chi connectivity index (χ2n) is 10.2. The van der Waals surface area contributed by atoms with Crippen LogP contribution >= 0.6 is 31.9 Å². The van der Waals surface area contributed by atoms with E-state index >= 15 is 0 Å². The van der Waals surface area contributed by atoms with Gasteiger partial charge < -0.3 is 0 Å². The van der Waals surface area contributed by atoms with E-state index in [-0.39, 0.29) is 5.41 Å². The molecule has 4 aromatic rings. The van der Waals surface area contributed by atoms with Gasteiger partial charge in [0, 0.05) is 8.95 Å². The van der Waals surface area contributed by atoms with Crippen molar-refractivity contribution in [2.45, 2.75) is 43.9 Å². The van der Waals surface area contributed by atoms with E-state index in [9.17, 15) is 0 Å². The molecule has 0 heterocycles. The number of benzene rings is 4. The number of hydrogen-bond acceptors (Lipinski definition) is 0. The molecule has 0 fully saturated rings. The van der Waals surface area contributed by atoms with E-state index < -0.39 is 0 Å². The second-order valence-corrected chi connectivity index (χ2v) is 12.0. The highest BCUT2D eigenvalue weighted by atomic mass is 79.9. The van der Waals surface area contributed by atoms with E-state index in [0.29, 0.717) is 11.8 Å². The van der Waals surface area contributed by atoms with Gasteiger partial charge in [-0.2, -0.15) is 0 Å². The van der Waals surface area contributed by atoms with E-state index in [4.69, 9.17) is 0 Å². The van der Waals surface area contributed by atoms with Crippen molar-refractivity contribution in [1.29, 1.82) is 0 Å². The van der Waals surface area contributed by atoms with E-state index in [1.165, 1.54) is 68.5 Å². The molecule has 4 aromatic carbocycles. The van der Waals surface area contributed by atoms with Crippen molar-refractivity contribution < 1.29 is 0 Å². The minimum atomic E-state index is -0.320. The molecule has 2 heteroatoms. The molecule has 0 amide bonds. The van der Waals surface area contributed by atoms with E-state index in [0.717, 1.165) is 8.95 Å². The molecule has 0 saturated carbocycles. The van der Waals surface area contributed by atoms with Crippen molar-refractivity contribution in [3.63, 3.8) is 0 Å². The predicted molar refractivity (Wildman–Crippen MR) is 143 cm³/mol. The van der Waals surface area contributed by atoms with Crippen LogP contribution < -0.4 is 0 Å². The highest BCUT2D eigenvalue weighted by molar-refractivity contribution is 9.10. The summed E-state index contributed by atoms with van der Waals surface area (Å²) in [6.45, 7) is 4.68. The molecule has 3 aliphatic carbocycles. The van der Waals surface area contributed by atoms with Gasteiger partial charge in [-0.05, 0) is 105 Å². The lowest BCUT2D eigenvalue weighted by atomic mass is 9.64. The fraction of sp³-hybridized carbons (Fsp3) is 0.226. The Morgan fingerprint density at radius 3 is 1.45 bits per heavy atom. The molecule has 0 aromatic heterocycles. The summed E-state index contributed by atoms with van der Waals surface area (Å²) < 4.78 is 2.26. The third-order valence-electron chi connectivity index (χ3n) is 8.33. The second kappa shape index (κ2) is 6.93. The first-order valence-electron chi connectivity index (χ1n) is 11.8. The molecule has 3 aliphatic rings. The molecular formula is C31H24Br2. The summed E-state index contributed by atoms with van der Waals surface area (Å²) in [6, 6.07) is 28.2. The Kier molecular flexibility index (Phi) is 4.25. The molecule has 0 aliphatic heterocycles. The number of rotatable bonds is 2. The molecule has 33 heavy (non-hydrogen) atoms. The first-order valence-corrected chi connectivity index (χ1v) is 13.4. The van der Waals surface area contributed by atoms with Crippen molar-refractivity contribution in [1.82, 2.24) is 0 Å². The van der Waals surface area contributed by atoms with Crippen LogP contribution in [0.2, 0.25) is 0 Å². The van der Waals surface area contributed by atoms with Gasteiger partial charge in [0.1, 0.15) is 0 Å². The molecule has 2 atom stereocenters. The van der Waals surface area contributed by atoms with Gasteiger partial charge in [0.05, 0.1) is 5.41 Å². The molecule has 0 radical (unpaired) electrons. The Hall–Kier alpha value is -2.16. The van der Waals surface area contributed by atoms with Crippen LogP contribution in [0, 0.1) is 0 Å². The quantitative estimate of drug-likeness (QED) is 0.204. The summed E-state index contributed by atoms with van der Waals surface area (Å²) in [5.74, 6) is 1.35. The lowest BCUT2D eigenvalue weighted by Crippen LogP contribution is -2.31. The lowest BCUT2D eigenvalue weighted by molar-refractivity contribution is 0.651. The summed E-state index contributed by atoms with van der Waals surface area (Å²) in [7, 11) is 0. The van der Waals surface area contributed by atoms with Gasteiger partial charge in [0.25, 0.3) is 0 Å². The van der Waals surface area contributed by atoms with Crippen LogP contribution in [0.4, 0.5) is 0 Å². The monoisotopic (exact) mass is 554 g/mol. The number of hydrogen-bond donors (Lipinski definition) is 0. The van der Waals surface area contributed by atoms with Crippen LogP contribution in [0.5, 0.6) is 0 Å². The Balaban J connectivity index is 1.61. The van der Waals surface area contributed by atoms with Crippen LogP contribution in [-0.4, -0.2) is 0 Å². The molecule has 0 saturated heterocycles. The molecule has 162 valence electrons. The van der Waals surface area contributed by atoms with Crippen LogP contribution in [0.3, 0.4) is 0 Å². The van der Waals surface area contributed by atoms with E-state index in [1.54, 1.807) is 0 Å². The van der Waals surface area contributed by atoms with Gasteiger partial charge >= 0.3 is 0 Å². The van der Waals surface area contributed by atoms with Crippen molar-refractivity contribution in [3.8, 4) is 11.1 Å².